The van der Waals surface area contributed by atoms with Crippen LogP contribution in [0, 0.1) is 0 Å². The molecule has 0 unspecified atom stereocenters. The van der Waals surface area contributed by atoms with Gasteiger partial charge in [-0.25, -0.2) is 14.6 Å². The van der Waals surface area contributed by atoms with Crippen molar-refractivity contribution in [1.82, 2.24) is 4.90 Å². The molecule has 2 aromatic rings. The predicted octanol–water partition coefficient (Wildman–Crippen LogP) is 1.60. The largest absolute Gasteiger partial charge is 0.497 e. The Labute approximate surface area is 159 Å². The van der Waals surface area contributed by atoms with Crippen molar-refractivity contribution in [2.24, 2.45) is 0 Å². The van der Waals surface area contributed by atoms with Crippen molar-refractivity contribution in [3.05, 3.63) is 48.0 Å². The summed E-state index contributed by atoms with van der Waals surface area (Å²) >= 11 is 0. The molecule has 0 bridgehead atoms. The third-order valence-electron chi connectivity index (χ3n) is 4.38. The number of nitrogens with zero attached hydrogens (tertiary/aromatic N) is 2. The van der Waals surface area contributed by atoms with Crippen molar-refractivity contribution in [3.8, 4) is 17.2 Å². The van der Waals surface area contributed by atoms with Gasteiger partial charge in [-0.2, -0.15) is 0 Å². The first-order valence-electron chi connectivity index (χ1n) is 8.26. The van der Waals surface area contributed by atoms with Gasteiger partial charge in [0.15, 0.2) is 17.3 Å². The van der Waals surface area contributed by atoms with Crippen LogP contribution >= 0.6 is 0 Å². The van der Waals surface area contributed by atoms with Gasteiger partial charge in [0, 0.05) is 5.56 Å². The van der Waals surface area contributed by atoms with E-state index in [1.165, 1.54) is 31.4 Å². The lowest BCUT2D eigenvalue weighted by molar-refractivity contribution is -0.139. The molecular weight excluding hydrogens is 368 g/mol. The third-order valence-corrected chi connectivity index (χ3v) is 4.38. The number of carbonyl (C=O) groups is 4. The first kappa shape index (κ1) is 17.5. The summed E-state index contributed by atoms with van der Waals surface area (Å²) in [5, 5.41) is 0. The number of anilines is 1. The van der Waals surface area contributed by atoms with Gasteiger partial charge < -0.3 is 14.2 Å². The van der Waals surface area contributed by atoms with Crippen LogP contribution in [0.3, 0.4) is 0 Å². The summed E-state index contributed by atoms with van der Waals surface area (Å²) in [6.45, 7) is -0.503. The Hall–Kier alpha value is -3.88. The second-order valence-electron chi connectivity index (χ2n) is 6.00. The molecule has 2 heterocycles. The fraction of sp³-hybridized carbons (Fsp3) is 0.158. The maximum atomic E-state index is 12.6. The van der Waals surface area contributed by atoms with Crippen LogP contribution < -0.4 is 19.1 Å². The van der Waals surface area contributed by atoms with E-state index in [2.05, 4.69) is 0 Å². The van der Waals surface area contributed by atoms with E-state index in [1.54, 1.807) is 18.2 Å². The first-order chi connectivity index (χ1) is 13.5. The van der Waals surface area contributed by atoms with Gasteiger partial charge in [0.05, 0.1) is 19.3 Å². The van der Waals surface area contributed by atoms with Gasteiger partial charge >= 0.3 is 17.8 Å². The SMILES string of the molecule is COc1ccc(N2C(=O)C(=O)N(CC(=O)c3ccc4c(c3)OCO4)C2=O)cc1. The monoisotopic (exact) mass is 382 g/mol. The molecule has 2 aromatic carbocycles. The number of methoxy groups -OCH3 is 1. The van der Waals surface area contributed by atoms with E-state index in [1.807, 2.05) is 0 Å². The van der Waals surface area contributed by atoms with Crippen LogP contribution in [0.4, 0.5) is 10.5 Å². The van der Waals surface area contributed by atoms with E-state index >= 15 is 0 Å². The average Bonchev–Trinajstić information content (AvgIpc) is 3.26. The average molecular weight is 382 g/mol. The van der Waals surface area contributed by atoms with Crippen LogP contribution in [0.15, 0.2) is 42.5 Å². The molecule has 0 aliphatic carbocycles. The summed E-state index contributed by atoms with van der Waals surface area (Å²) in [5.74, 6) is -1.15. The quantitative estimate of drug-likeness (QED) is 0.440. The number of fused-ring (bicyclic) bond motifs is 1. The lowest BCUT2D eigenvalue weighted by Gasteiger charge is -2.15. The highest BCUT2D eigenvalue weighted by Gasteiger charge is 2.46. The molecule has 0 atom stereocenters. The number of rotatable bonds is 5. The Balaban J connectivity index is 1.54. The van der Waals surface area contributed by atoms with Gasteiger partial charge in [0.25, 0.3) is 0 Å². The normalized spacial score (nSPS) is 15.4. The number of Topliss-reactive ketones (excluding diaryl/α,β-unsaturated/α-hetero) is 1. The van der Waals surface area contributed by atoms with Gasteiger partial charge in [-0.15, -0.1) is 0 Å². The maximum absolute atomic E-state index is 12.6. The third kappa shape index (κ3) is 2.82. The lowest BCUT2D eigenvalue weighted by Crippen LogP contribution is -2.37. The summed E-state index contributed by atoms with van der Waals surface area (Å²) in [6.07, 6.45) is 0. The Morgan fingerprint density at radius 1 is 1.00 bits per heavy atom. The van der Waals surface area contributed by atoms with Crippen molar-refractivity contribution in [1.29, 1.82) is 0 Å². The number of hydrogen-bond acceptors (Lipinski definition) is 7. The molecule has 142 valence electrons. The zero-order chi connectivity index (χ0) is 19.8. The van der Waals surface area contributed by atoms with Gasteiger partial charge in [-0.3, -0.25) is 14.4 Å². The van der Waals surface area contributed by atoms with E-state index in [0.717, 1.165) is 4.90 Å². The summed E-state index contributed by atoms with van der Waals surface area (Å²) in [4.78, 5) is 51.1. The molecular formula is C19H14N2O7. The molecule has 4 amide bonds. The standard InChI is InChI=1S/C19H14N2O7/c1-26-13-5-3-12(4-6-13)21-18(24)17(23)20(19(21)25)9-14(22)11-2-7-15-16(8-11)28-10-27-15/h2-8H,9-10H2,1H3. The summed E-state index contributed by atoms with van der Waals surface area (Å²) in [7, 11) is 1.48. The van der Waals surface area contributed by atoms with Crippen molar-refractivity contribution in [2.45, 2.75) is 0 Å². The number of ether oxygens (including phenoxy) is 3. The zero-order valence-electron chi connectivity index (χ0n) is 14.7. The molecule has 1 saturated heterocycles. The van der Waals surface area contributed by atoms with Crippen molar-refractivity contribution in [3.63, 3.8) is 0 Å². The van der Waals surface area contributed by atoms with Crippen molar-refractivity contribution >= 4 is 29.3 Å². The Morgan fingerprint density at radius 3 is 2.43 bits per heavy atom. The summed E-state index contributed by atoms with van der Waals surface area (Å²) in [6, 6.07) is 9.73. The Bertz CT molecular complexity index is 1000. The molecule has 1 fully saturated rings. The molecule has 4 rings (SSSR count). The molecule has 0 N–H and O–H groups in total. The number of carbonyl (C=O) groups excluding carboxylic acids is 4. The molecule has 0 radical (unpaired) electrons. The van der Waals surface area contributed by atoms with Crippen molar-refractivity contribution < 1.29 is 33.4 Å². The van der Waals surface area contributed by atoms with Crippen molar-refractivity contribution in [2.75, 3.05) is 25.3 Å². The minimum absolute atomic E-state index is 0.0569. The molecule has 9 heteroatoms. The molecule has 2 aliphatic rings. The zero-order valence-corrected chi connectivity index (χ0v) is 14.7. The highest BCUT2D eigenvalue weighted by atomic mass is 16.7. The van der Waals surface area contributed by atoms with Crippen LogP contribution in [0.5, 0.6) is 17.2 Å². The summed E-state index contributed by atoms with van der Waals surface area (Å²) in [5.41, 5.74) is 0.447. The molecule has 0 saturated carbocycles. The Morgan fingerprint density at radius 2 is 1.71 bits per heavy atom. The highest BCUT2D eigenvalue weighted by molar-refractivity contribution is 6.53. The van der Waals surface area contributed by atoms with E-state index in [-0.39, 0.29) is 18.0 Å². The topological polar surface area (TPSA) is 102 Å². The highest BCUT2D eigenvalue weighted by Crippen LogP contribution is 2.33. The van der Waals surface area contributed by atoms with Crippen LogP contribution in [-0.4, -0.2) is 49.0 Å². The van der Waals surface area contributed by atoms with E-state index < -0.39 is 30.2 Å². The summed E-state index contributed by atoms with van der Waals surface area (Å²) < 4.78 is 15.4. The van der Waals surface area contributed by atoms with E-state index in [4.69, 9.17) is 14.2 Å². The lowest BCUT2D eigenvalue weighted by atomic mass is 10.1. The van der Waals surface area contributed by atoms with Crippen LogP contribution in [0.1, 0.15) is 10.4 Å². The smallest absolute Gasteiger partial charge is 0.339 e. The molecule has 2 aliphatic heterocycles. The van der Waals surface area contributed by atoms with E-state index in [9.17, 15) is 19.2 Å². The number of imide groups is 2. The molecule has 0 spiro atoms. The minimum atomic E-state index is -1.06. The van der Waals surface area contributed by atoms with Gasteiger partial charge in [-0.1, -0.05) is 0 Å². The first-order valence-corrected chi connectivity index (χ1v) is 8.26. The van der Waals surface area contributed by atoms with Gasteiger partial charge in [-0.05, 0) is 42.5 Å². The molecule has 9 nitrogen and oxygen atoms in total. The molecule has 0 aromatic heterocycles. The van der Waals surface area contributed by atoms with Crippen LogP contribution in [0.25, 0.3) is 0 Å². The van der Waals surface area contributed by atoms with E-state index in [0.29, 0.717) is 22.1 Å². The number of hydrogen-bond donors (Lipinski definition) is 0. The number of benzene rings is 2. The van der Waals surface area contributed by atoms with Crippen LogP contribution in [-0.2, 0) is 9.59 Å². The number of urea groups is 1. The van der Waals surface area contributed by atoms with Gasteiger partial charge in [0.2, 0.25) is 6.79 Å². The number of amides is 4. The second-order valence-corrected chi connectivity index (χ2v) is 6.00. The molecule has 28 heavy (non-hydrogen) atoms. The van der Waals surface area contributed by atoms with Gasteiger partial charge in [0.1, 0.15) is 5.75 Å². The Kier molecular flexibility index (Phi) is 4.19. The van der Waals surface area contributed by atoms with Crippen LogP contribution in [0.2, 0.25) is 0 Å². The fourth-order valence-electron chi connectivity index (χ4n) is 2.91. The predicted molar refractivity (Wildman–Crippen MR) is 94.5 cm³/mol. The maximum Gasteiger partial charge on any atom is 0.339 e. The second kappa shape index (κ2) is 6.69. The fourth-order valence-corrected chi connectivity index (χ4v) is 2.91. The number of ketones is 1. The minimum Gasteiger partial charge on any atom is -0.497 e.